The summed E-state index contributed by atoms with van der Waals surface area (Å²) in [6.45, 7) is 4.52. The predicted octanol–water partition coefficient (Wildman–Crippen LogP) is 2.58. The molecule has 0 radical (unpaired) electrons. The van der Waals surface area contributed by atoms with Crippen LogP contribution in [0.25, 0.3) is 0 Å². The average molecular weight is 467 g/mol. The number of methoxy groups -OCH3 is 1. The molecule has 3 unspecified atom stereocenters. The lowest BCUT2D eigenvalue weighted by Gasteiger charge is -2.34. The van der Waals surface area contributed by atoms with Crippen LogP contribution in [-0.2, 0) is 24.3 Å². The van der Waals surface area contributed by atoms with E-state index in [9.17, 15) is 18.0 Å². The van der Waals surface area contributed by atoms with Gasteiger partial charge in [-0.15, -0.1) is 0 Å². The molecule has 0 bridgehead atoms. The monoisotopic (exact) mass is 466 g/mol. The van der Waals surface area contributed by atoms with Crippen molar-refractivity contribution < 1.29 is 27.5 Å². The minimum Gasteiger partial charge on any atom is -0.497 e. The molecular formula is C23H34N2O6S. The number of carbonyl (C=O) groups excluding carboxylic acids is 2. The molecule has 1 aliphatic heterocycles. The first-order chi connectivity index (χ1) is 15.2. The van der Waals surface area contributed by atoms with E-state index in [4.69, 9.17) is 9.47 Å². The Kier molecular flexibility index (Phi) is 8.16. The quantitative estimate of drug-likeness (QED) is 0.620. The van der Waals surface area contributed by atoms with Gasteiger partial charge in [-0.2, -0.15) is 4.31 Å². The molecule has 32 heavy (non-hydrogen) atoms. The van der Waals surface area contributed by atoms with Crippen molar-refractivity contribution in [3.63, 3.8) is 0 Å². The first-order valence-corrected chi connectivity index (χ1v) is 12.8. The van der Waals surface area contributed by atoms with E-state index in [0.717, 1.165) is 12.8 Å². The van der Waals surface area contributed by atoms with Crippen molar-refractivity contribution in [2.45, 2.75) is 56.9 Å². The standard InChI is InChI=1S/C23H34N2O6S/c1-16-5-4-6-21(17(16)2)24-22(26)15-31-23(27)18-11-13-25(14-12-18)32(28,29)20-9-7-19(30-3)8-10-20/h7-10,16-18,21H,4-6,11-15H2,1-3H3,(H,24,26). The highest BCUT2D eigenvalue weighted by Crippen LogP contribution is 2.29. The highest BCUT2D eigenvalue weighted by Gasteiger charge is 2.33. The molecule has 2 fully saturated rings. The van der Waals surface area contributed by atoms with E-state index >= 15 is 0 Å². The number of ether oxygens (including phenoxy) is 2. The SMILES string of the molecule is COc1ccc(S(=O)(=O)N2CCC(C(=O)OCC(=O)NC3CCCC(C)C3C)CC2)cc1. The number of sulfonamides is 1. The van der Waals surface area contributed by atoms with Gasteiger partial charge >= 0.3 is 5.97 Å². The van der Waals surface area contributed by atoms with E-state index in [1.54, 1.807) is 12.1 Å². The first-order valence-electron chi connectivity index (χ1n) is 11.3. The van der Waals surface area contributed by atoms with Crippen LogP contribution < -0.4 is 10.1 Å². The van der Waals surface area contributed by atoms with E-state index in [1.807, 2.05) is 0 Å². The fourth-order valence-corrected chi connectivity index (χ4v) is 5.99. The number of hydrogen-bond donors (Lipinski definition) is 1. The number of nitrogens with zero attached hydrogens (tertiary/aromatic N) is 1. The van der Waals surface area contributed by atoms with Crippen molar-refractivity contribution in [2.24, 2.45) is 17.8 Å². The molecule has 3 rings (SSSR count). The molecule has 8 nitrogen and oxygen atoms in total. The third kappa shape index (κ3) is 5.81. The van der Waals surface area contributed by atoms with Crippen molar-refractivity contribution in [3.05, 3.63) is 24.3 Å². The molecule has 1 aliphatic carbocycles. The number of amides is 1. The second-order valence-corrected chi connectivity index (χ2v) is 10.8. The molecule has 0 aromatic heterocycles. The molecule has 1 saturated heterocycles. The van der Waals surface area contributed by atoms with Crippen LogP contribution in [0.5, 0.6) is 5.75 Å². The van der Waals surface area contributed by atoms with Crippen molar-refractivity contribution in [1.29, 1.82) is 0 Å². The van der Waals surface area contributed by atoms with Gasteiger partial charge in [0.25, 0.3) is 5.91 Å². The van der Waals surface area contributed by atoms with Gasteiger partial charge in [-0.1, -0.05) is 26.7 Å². The molecule has 1 saturated carbocycles. The van der Waals surface area contributed by atoms with Crippen LogP contribution in [0.2, 0.25) is 0 Å². The number of nitrogens with one attached hydrogen (secondary N) is 1. The van der Waals surface area contributed by atoms with E-state index in [2.05, 4.69) is 19.2 Å². The zero-order valence-corrected chi connectivity index (χ0v) is 19.9. The third-order valence-corrected chi connectivity index (χ3v) is 8.80. The van der Waals surface area contributed by atoms with Gasteiger partial charge in [0, 0.05) is 19.1 Å². The second-order valence-electron chi connectivity index (χ2n) is 8.90. The highest BCUT2D eigenvalue weighted by molar-refractivity contribution is 7.89. The summed E-state index contributed by atoms with van der Waals surface area (Å²) in [6, 6.07) is 6.37. The molecular weight excluding hydrogens is 432 g/mol. The molecule has 178 valence electrons. The molecule has 1 heterocycles. The van der Waals surface area contributed by atoms with Gasteiger partial charge in [0.1, 0.15) is 5.75 Å². The smallest absolute Gasteiger partial charge is 0.309 e. The number of piperidine rings is 1. The molecule has 3 atom stereocenters. The molecule has 2 aliphatic rings. The van der Waals surface area contributed by atoms with Crippen LogP contribution >= 0.6 is 0 Å². The van der Waals surface area contributed by atoms with Gasteiger partial charge in [0.05, 0.1) is 17.9 Å². The number of rotatable bonds is 7. The van der Waals surface area contributed by atoms with Crippen LogP contribution in [-0.4, -0.2) is 57.4 Å². The van der Waals surface area contributed by atoms with Crippen LogP contribution in [0.3, 0.4) is 0 Å². The Hall–Kier alpha value is -2.13. The summed E-state index contributed by atoms with van der Waals surface area (Å²) in [6.07, 6.45) is 3.95. The third-order valence-electron chi connectivity index (χ3n) is 6.88. The Morgan fingerprint density at radius 1 is 1.06 bits per heavy atom. The average Bonchev–Trinajstić information content (AvgIpc) is 2.80. The molecule has 1 aromatic rings. The summed E-state index contributed by atoms with van der Waals surface area (Å²) >= 11 is 0. The molecule has 0 spiro atoms. The van der Waals surface area contributed by atoms with Crippen LogP contribution in [0.15, 0.2) is 29.2 Å². The number of esters is 1. The van der Waals surface area contributed by atoms with E-state index in [-0.39, 0.29) is 36.5 Å². The fraction of sp³-hybridized carbons (Fsp3) is 0.652. The van der Waals surface area contributed by atoms with Gasteiger partial charge < -0.3 is 14.8 Å². The van der Waals surface area contributed by atoms with Gasteiger partial charge in [-0.05, 0) is 55.4 Å². The Balaban J connectivity index is 1.45. The van der Waals surface area contributed by atoms with E-state index in [1.165, 1.54) is 30.0 Å². The molecule has 1 N–H and O–H groups in total. The summed E-state index contributed by atoms with van der Waals surface area (Å²) in [4.78, 5) is 24.9. The van der Waals surface area contributed by atoms with Gasteiger partial charge in [0.2, 0.25) is 10.0 Å². The van der Waals surface area contributed by atoms with Crippen molar-refractivity contribution in [1.82, 2.24) is 9.62 Å². The normalized spacial score (nSPS) is 25.2. The molecule has 1 amide bonds. The Morgan fingerprint density at radius 3 is 2.34 bits per heavy atom. The topological polar surface area (TPSA) is 102 Å². The van der Waals surface area contributed by atoms with Crippen molar-refractivity contribution in [2.75, 3.05) is 26.8 Å². The van der Waals surface area contributed by atoms with Gasteiger partial charge in [-0.25, -0.2) is 8.42 Å². The highest BCUT2D eigenvalue weighted by atomic mass is 32.2. The predicted molar refractivity (Wildman–Crippen MR) is 120 cm³/mol. The second kappa shape index (κ2) is 10.7. The summed E-state index contributed by atoms with van der Waals surface area (Å²) in [5.74, 6) is 0.438. The zero-order valence-electron chi connectivity index (χ0n) is 19.1. The van der Waals surface area contributed by atoms with Crippen LogP contribution in [0.4, 0.5) is 0 Å². The first kappa shape index (κ1) is 24.5. The maximum atomic E-state index is 12.8. The Bertz CT molecular complexity index is 894. The lowest BCUT2D eigenvalue weighted by Crippen LogP contribution is -2.45. The van der Waals surface area contributed by atoms with E-state index in [0.29, 0.717) is 30.4 Å². The summed E-state index contributed by atoms with van der Waals surface area (Å²) < 4.78 is 37.4. The Labute approximate surface area is 190 Å². The fourth-order valence-electron chi connectivity index (χ4n) is 4.52. The lowest BCUT2D eigenvalue weighted by atomic mass is 9.78. The van der Waals surface area contributed by atoms with E-state index < -0.39 is 21.9 Å². The summed E-state index contributed by atoms with van der Waals surface area (Å²) in [5.41, 5.74) is 0. The zero-order chi connectivity index (χ0) is 23.3. The number of hydrogen-bond acceptors (Lipinski definition) is 6. The summed E-state index contributed by atoms with van der Waals surface area (Å²) in [5, 5.41) is 3.00. The number of carbonyl (C=O) groups is 2. The minimum absolute atomic E-state index is 0.122. The van der Waals surface area contributed by atoms with Crippen LogP contribution in [0, 0.1) is 17.8 Å². The summed E-state index contributed by atoms with van der Waals surface area (Å²) in [7, 11) is -2.10. The number of benzene rings is 1. The molecule has 1 aromatic carbocycles. The largest absolute Gasteiger partial charge is 0.497 e. The van der Waals surface area contributed by atoms with Gasteiger partial charge in [-0.3, -0.25) is 9.59 Å². The van der Waals surface area contributed by atoms with Gasteiger partial charge in [0.15, 0.2) is 6.61 Å². The van der Waals surface area contributed by atoms with Crippen molar-refractivity contribution >= 4 is 21.9 Å². The maximum absolute atomic E-state index is 12.8. The van der Waals surface area contributed by atoms with Crippen LogP contribution in [0.1, 0.15) is 46.0 Å². The maximum Gasteiger partial charge on any atom is 0.309 e. The molecule has 9 heteroatoms. The van der Waals surface area contributed by atoms with Crippen molar-refractivity contribution in [3.8, 4) is 5.75 Å². The Morgan fingerprint density at radius 2 is 1.72 bits per heavy atom. The lowest BCUT2D eigenvalue weighted by molar-refractivity contribution is -0.154. The minimum atomic E-state index is -3.63.